The lowest BCUT2D eigenvalue weighted by Gasteiger charge is -2.09. The molecule has 1 heterocycles. The topological polar surface area (TPSA) is 71.3 Å². The van der Waals surface area contributed by atoms with Crippen LogP contribution in [0.3, 0.4) is 0 Å². The first-order chi connectivity index (χ1) is 9.92. The molecule has 0 unspecified atom stereocenters. The van der Waals surface area contributed by atoms with Crippen molar-refractivity contribution in [2.45, 2.75) is 25.5 Å². The number of hydrogen-bond acceptors (Lipinski definition) is 4. The zero-order valence-corrected chi connectivity index (χ0v) is 14.2. The van der Waals surface area contributed by atoms with Crippen LogP contribution in [0.5, 0.6) is 0 Å². The molecule has 114 valence electrons. The number of nitrogens with one attached hydrogen (secondary N) is 2. The number of aryl methyl sites for hydroxylation is 1. The quantitative estimate of drug-likeness (QED) is 0.816. The molecule has 0 saturated carbocycles. The Morgan fingerprint density at radius 3 is 2.71 bits per heavy atom. The van der Waals surface area contributed by atoms with Crippen LogP contribution >= 0.6 is 15.9 Å². The van der Waals surface area contributed by atoms with Gasteiger partial charge in [-0.05, 0) is 43.3 Å². The highest BCUT2D eigenvalue weighted by atomic mass is 79.9. The Hall–Kier alpha value is -1.31. The monoisotopic (exact) mass is 372 g/mol. The van der Waals surface area contributed by atoms with Crippen LogP contribution in [0.25, 0.3) is 0 Å². The Labute approximate surface area is 132 Å². The molecule has 5 nitrogen and oxygen atoms in total. The number of hydrogen-bond donors (Lipinski definition) is 2. The molecule has 0 aliphatic carbocycles. The fraction of sp³-hybridized carbons (Fsp3) is 0.286. The predicted octanol–water partition coefficient (Wildman–Crippen LogP) is 3.26. The van der Waals surface area contributed by atoms with Gasteiger partial charge >= 0.3 is 0 Å². The number of furan rings is 1. The van der Waals surface area contributed by atoms with Crippen LogP contribution in [0.1, 0.15) is 18.2 Å². The van der Waals surface area contributed by atoms with Crippen molar-refractivity contribution in [3.63, 3.8) is 0 Å². The third kappa shape index (κ3) is 4.09. The van der Waals surface area contributed by atoms with E-state index in [4.69, 9.17) is 4.42 Å². The van der Waals surface area contributed by atoms with Crippen LogP contribution < -0.4 is 10.0 Å². The van der Waals surface area contributed by atoms with E-state index in [1.165, 1.54) is 6.07 Å². The van der Waals surface area contributed by atoms with E-state index >= 15 is 0 Å². The fourth-order valence-corrected chi connectivity index (χ4v) is 3.18. The van der Waals surface area contributed by atoms with Gasteiger partial charge in [0.2, 0.25) is 5.09 Å². The summed E-state index contributed by atoms with van der Waals surface area (Å²) in [5, 5.41) is 2.99. The molecule has 7 heteroatoms. The van der Waals surface area contributed by atoms with E-state index in [0.717, 1.165) is 16.6 Å². The molecular weight excluding hydrogens is 356 g/mol. The highest BCUT2D eigenvalue weighted by Crippen LogP contribution is 2.24. The average molecular weight is 373 g/mol. The first kappa shape index (κ1) is 16.1. The van der Waals surface area contributed by atoms with Crippen LogP contribution in [0.4, 0.5) is 5.69 Å². The minimum Gasteiger partial charge on any atom is -0.446 e. The van der Waals surface area contributed by atoms with Crippen molar-refractivity contribution >= 4 is 31.6 Å². The Balaban J connectivity index is 2.22. The maximum absolute atomic E-state index is 12.3. The summed E-state index contributed by atoms with van der Waals surface area (Å²) in [5.74, 6) is 0.586. The maximum atomic E-state index is 12.3. The van der Waals surface area contributed by atoms with Gasteiger partial charge in [-0.3, -0.25) is 4.72 Å². The van der Waals surface area contributed by atoms with Gasteiger partial charge in [0, 0.05) is 4.47 Å². The second-order valence-electron chi connectivity index (χ2n) is 4.57. The number of sulfonamides is 1. The molecule has 0 radical (unpaired) electrons. The van der Waals surface area contributed by atoms with Crippen molar-refractivity contribution in [1.82, 2.24) is 5.32 Å². The summed E-state index contributed by atoms with van der Waals surface area (Å²) in [6, 6.07) is 8.53. The van der Waals surface area contributed by atoms with Gasteiger partial charge in [0.05, 0.1) is 12.2 Å². The molecule has 2 aromatic rings. The highest BCUT2D eigenvalue weighted by molar-refractivity contribution is 9.10. The number of rotatable bonds is 6. The molecule has 1 aromatic carbocycles. The van der Waals surface area contributed by atoms with Crippen molar-refractivity contribution in [3.8, 4) is 0 Å². The van der Waals surface area contributed by atoms with Gasteiger partial charge < -0.3 is 9.73 Å². The molecule has 21 heavy (non-hydrogen) atoms. The lowest BCUT2D eigenvalue weighted by molar-refractivity contribution is 0.405. The highest BCUT2D eigenvalue weighted by Gasteiger charge is 2.19. The zero-order chi connectivity index (χ0) is 15.5. The van der Waals surface area contributed by atoms with Crippen molar-refractivity contribution in [3.05, 3.63) is 46.1 Å². The molecule has 0 atom stereocenters. The zero-order valence-electron chi connectivity index (χ0n) is 11.8. The summed E-state index contributed by atoms with van der Waals surface area (Å²) >= 11 is 3.33. The summed E-state index contributed by atoms with van der Waals surface area (Å²) in [6.45, 7) is 5.10. The van der Waals surface area contributed by atoms with E-state index < -0.39 is 10.0 Å². The summed E-state index contributed by atoms with van der Waals surface area (Å²) in [5.41, 5.74) is 1.36. The Bertz CT molecular complexity index is 726. The van der Waals surface area contributed by atoms with Gasteiger partial charge in [-0.25, -0.2) is 0 Å². The summed E-state index contributed by atoms with van der Waals surface area (Å²) in [7, 11) is -3.72. The largest absolute Gasteiger partial charge is 0.446 e. The molecule has 0 bridgehead atoms. The second kappa shape index (κ2) is 6.64. The molecule has 0 aliphatic rings. The maximum Gasteiger partial charge on any atom is 0.295 e. The van der Waals surface area contributed by atoms with E-state index in [-0.39, 0.29) is 5.09 Å². The molecule has 0 saturated heterocycles. The third-order valence-corrected chi connectivity index (χ3v) is 4.63. The fourth-order valence-electron chi connectivity index (χ4n) is 1.75. The van der Waals surface area contributed by atoms with Gasteiger partial charge in [-0.1, -0.05) is 28.9 Å². The molecule has 2 N–H and O–H groups in total. The molecular formula is C14H17BrN2O3S. The SMILES string of the molecule is CCNCc1ccc(S(=O)(=O)Nc2cc(Br)ccc2C)o1. The smallest absolute Gasteiger partial charge is 0.295 e. The van der Waals surface area contributed by atoms with Crippen LogP contribution in [-0.4, -0.2) is 15.0 Å². The van der Waals surface area contributed by atoms with Crippen molar-refractivity contribution in [2.24, 2.45) is 0 Å². The molecule has 0 spiro atoms. The molecule has 0 aliphatic heterocycles. The molecule has 0 fully saturated rings. The Morgan fingerprint density at radius 2 is 2.00 bits per heavy atom. The van der Waals surface area contributed by atoms with Crippen LogP contribution in [0, 0.1) is 6.92 Å². The third-order valence-electron chi connectivity index (χ3n) is 2.90. The van der Waals surface area contributed by atoms with E-state index in [2.05, 4.69) is 26.0 Å². The Morgan fingerprint density at radius 1 is 1.24 bits per heavy atom. The van der Waals surface area contributed by atoms with Gasteiger partial charge in [-0.2, -0.15) is 8.42 Å². The summed E-state index contributed by atoms with van der Waals surface area (Å²) < 4.78 is 33.3. The Kier molecular flexibility index (Phi) is 5.08. The van der Waals surface area contributed by atoms with Gasteiger partial charge in [0.25, 0.3) is 10.0 Å². The first-order valence-electron chi connectivity index (χ1n) is 6.51. The van der Waals surface area contributed by atoms with Gasteiger partial charge in [0.15, 0.2) is 0 Å². The van der Waals surface area contributed by atoms with Crippen LogP contribution in [-0.2, 0) is 16.6 Å². The number of halogens is 1. The number of anilines is 1. The van der Waals surface area contributed by atoms with E-state index in [1.807, 2.05) is 26.0 Å². The van der Waals surface area contributed by atoms with Crippen molar-refractivity contribution in [1.29, 1.82) is 0 Å². The van der Waals surface area contributed by atoms with E-state index in [0.29, 0.717) is 18.0 Å². The van der Waals surface area contributed by atoms with Crippen molar-refractivity contribution in [2.75, 3.05) is 11.3 Å². The summed E-state index contributed by atoms with van der Waals surface area (Å²) in [6.07, 6.45) is 0. The molecule has 2 rings (SSSR count). The average Bonchev–Trinajstić information content (AvgIpc) is 2.90. The molecule has 1 aromatic heterocycles. The first-order valence-corrected chi connectivity index (χ1v) is 8.78. The standard InChI is InChI=1S/C14H17BrN2O3S/c1-3-16-9-12-6-7-14(20-12)21(18,19)17-13-8-11(15)5-4-10(13)2/h4-8,16-17H,3,9H2,1-2H3. The summed E-state index contributed by atoms with van der Waals surface area (Å²) in [4.78, 5) is 0. The van der Waals surface area contributed by atoms with E-state index in [9.17, 15) is 8.42 Å². The van der Waals surface area contributed by atoms with Gasteiger partial charge in [-0.15, -0.1) is 0 Å². The van der Waals surface area contributed by atoms with Crippen molar-refractivity contribution < 1.29 is 12.8 Å². The molecule has 0 amide bonds. The second-order valence-corrected chi connectivity index (χ2v) is 7.09. The predicted molar refractivity (Wildman–Crippen MR) is 85.8 cm³/mol. The lowest BCUT2D eigenvalue weighted by atomic mass is 10.2. The van der Waals surface area contributed by atoms with Crippen LogP contribution in [0.15, 0.2) is 44.3 Å². The lowest BCUT2D eigenvalue weighted by Crippen LogP contribution is -2.13. The minimum absolute atomic E-state index is 0.0882. The van der Waals surface area contributed by atoms with Gasteiger partial charge in [0.1, 0.15) is 5.76 Å². The number of benzene rings is 1. The normalized spacial score (nSPS) is 11.6. The minimum atomic E-state index is -3.72. The van der Waals surface area contributed by atoms with E-state index in [1.54, 1.807) is 12.1 Å². The van der Waals surface area contributed by atoms with Crippen LogP contribution in [0.2, 0.25) is 0 Å².